The molecule has 0 spiro atoms. The Labute approximate surface area is 141 Å². The van der Waals surface area contributed by atoms with Crippen LogP contribution in [0.25, 0.3) is 5.69 Å². The number of nitrogens with zero attached hydrogens (tertiary/aromatic N) is 5. The van der Waals surface area contributed by atoms with E-state index in [9.17, 15) is 4.39 Å². The zero-order chi connectivity index (χ0) is 14.8. The molecule has 0 N–H and O–H groups in total. The van der Waals surface area contributed by atoms with Gasteiger partial charge in [0.05, 0.1) is 15.7 Å². The molecule has 0 bridgehead atoms. The Bertz CT molecular complexity index is 779. The Morgan fingerprint density at radius 1 is 1.14 bits per heavy atom. The molecule has 1 aromatic carbocycles. The quantitative estimate of drug-likeness (QED) is 0.671. The van der Waals surface area contributed by atoms with Gasteiger partial charge in [-0.05, 0) is 34.2 Å². The Kier molecular flexibility index (Phi) is 5.28. The summed E-state index contributed by atoms with van der Waals surface area (Å²) in [6, 6.07) is 6.43. The summed E-state index contributed by atoms with van der Waals surface area (Å²) in [6.07, 6.45) is 3.87. The van der Waals surface area contributed by atoms with Gasteiger partial charge in [0.2, 0.25) is 0 Å². The van der Waals surface area contributed by atoms with Crippen LogP contribution in [0.4, 0.5) is 4.39 Å². The maximum absolute atomic E-state index is 13.4. The molecule has 0 saturated heterocycles. The molecule has 0 fully saturated rings. The van der Waals surface area contributed by atoms with E-state index in [1.807, 2.05) is 12.1 Å². The van der Waals surface area contributed by atoms with Crippen LogP contribution in [0.3, 0.4) is 0 Å². The molecular weight excluding hydrogens is 352 g/mol. The molecular formula is C13H9Cl3FN5. The second kappa shape index (κ2) is 7.00. The first-order chi connectivity index (χ1) is 10.2. The van der Waals surface area contributed by atoms with Gasteiger partial charge in [-0.15, -0.1) is 17.5 Å². The second-order valence-corrected chi connectivity index (χ2v) is 5.00. The van der Waals surface area contributed by atoms with Gasteiger partial charge in [0.1, 0.15) is 5.82 Å². The average Bonchev–Trinajstić information content (AvgIpc) is 2.94. The number of benzene rings is 1. The Balaban J connectivity index is 0.00000176. The van der Waals surface area contributed by atoms with E-state index in [-0.39, 0.29) is 22.5 Å². The molecule has 0 saturated carbocycles. The van der Waals surface area contributed by atoms with E-state index in [0.717, 1.165) is 5.56 Å². The lowest BCUT2D eigenvalue weighted by Gasteiger charge is -2.08. The Hall–Kier alpha value is -1.76. The zero-order valence-corrected chi connectivity index (χ0v) is 13.3. The molecule has 0 aliphatic heterocycles. The fourth-order valence-electron chi connectivity index (χ4n) is 1.87. The van der Waals surface area contributed by atoms with Crippen LogP contribution in [0.2, 0.25) is 10.0 Å². The summed E-state index contributed by atoms with van der Waals surface area (Å²) in [5, 5.41) is 11.4. The largest absolute Gasteiger partial charge is 0.264 e. The van der Waals surface area contributed by atoms with Crippen LogP contribution in [0.15, 0.2) is 36.7 Å². The van der Waals surface area contributed by atoms with Crippen molar-refractivity contribution in [3.63, 3.8) is 0 Å². The molecule has 0 aliphatic rings. The van der Waals surface area contributed by atoms with Gasteiger partial charge in [0, 0.05) is 18.8 Å². The fraction of sp³-hybridized carbons (Fsp3) is 0.0769. The van der Waals surface area contributed by atoms with Crippen molar-refractivity contribution >= 4 is 35.6 Å². The van der Waals surface area contributed by atoms with E-state index < -0.39 is 5.82 Å². The average molecular weight is 361 g/mol. The molecule has 114 valence electrons. The summed E-state index contributed by atoms with van der Waals surface area (Å²) in [7, 11) is 0. The molecule has 5 nitrogen and oxygen atoms in total. The van der Waals surface area contributed by atoms with E-state index >= 15 is 0 Å². The number of hydrogen-bond acceptors (Lipinski definition) is 4. The van der Waals surface area contributed by atoms with E-state index in [2.05, 4.69) is 20.5 Å². The minimum absolute atomic E-state index is 0. The van der Waals surface area contributed by atoms with Crippen LogP contribution >= 0.6 is 35.6 Å². The lowest BCUT2D eigenvalue weighted by Crippen LogP contribution is -2.05. The minimum Gasteiger partial charge on any atom is -0.264 e. The van der Waals surface area contributed by atoms with Gasteiger partial charge < -0.3 is 0 Å². The first-order valence-electron chi connectivity index (χ1n) is 5.97. The lowest BCUT2D eigenvalue weighted by atomic mass is 10.2. The van der Waals surface area contributed by atoms with Crippen molar-refractivity contribution in [2.45, 2.75) is 6.42 Å². The van der Waals surface area contributed by atoms with Crippen LogP contribution in [0.5, 0.6) is 0 Å². The van der Waals surface area contributed by atoms with Gasteiger partial charge in [0.25, 0.3) is 0 Å². The van der Waals surface area contributed by atoms with Gasteiger partial charge in [-0.2, -0.15) is 4.68 Å². The predicted molar refractivity (Wildman–Crippen MR) is 83.4 cm³/mol. The summed E-state index contributed by atoms with van der Waals surface area (Å²) in [5.41, 5.74) is 1.37. The standard InChI is InChI=1S/C13H8Cl2FN5.ClH/c14-12-9(16)3-4-10(13(12)15)21-11(18-19-20-21)6-8-2-1-5-17-7-8;/h1-5,7H,6H2;1H. The van der Waals surface area contributed by atoms with E-state index in [1.54, 1.807) is 12.4 Å². The maximum atomic E-state index is 13.4. The van der Waals surface area contributed by atoms with Crippen molar-refractivity contribution in [2.24, 2.45) is 0 Å². The van der Waals surface area contributed by atoms with Gasteiger partial charge in [-0.1, -0.05) is 29.3 Å². The number of aromatic nitrogens is 5. The Morgan fingerprint density at radius 3 is 2.68 bits per heavy atom. The molecule has 9 heteroatoms. The minimum atomic E-state index is -0.590. The third-order valence-corrected chi connectivity index (χ3v) is 3.71. The number of hydrogen-bond donors (Lipinski definition) is 0. The van der Waals surface area contributed by atoms with Crippen molar-refractivity contribution in [3.05, 3.63) is 63.9 Å². The van der Waals surface area contributed by atoms with E-state index in [1.165, 1.54) is 16.8 Å². The number of rotatable bonds is 3. The molecule has 22 heavy (non-hydrogen) atoms. The smallest absolute Gasteiger partial charge is 0.161 e. The van der Waals surface area contributed by atoms with Crippen LogP contribution < -0.4 is 0 Å². The highest BCUT2D eigenvalue weighted by Gasteiger charge is 2.16. The van der Waals surface area contributed by atoms with Crippen LogP contribution in [0.1, 0.15) is 11.4 Å². The normalized spacial score (nSPS) is 10.3. The van der Waals surface area contributed by atoms with Crippen molar-refractivity contribution in [1.29, 1.82) is 0 Å². The van der Waals surface area contributed by atoms with Crippen molar-refractivity contribution < 1.29 is 4.39 Å². The van der Waals surface area contributed by atoms with Crippen molar-refractivity contribution in [3.8, 4) is 5.69 Å². The van der Waals surface area contributed by atoms with Crippen LogP contribution in [-0.4, -0.2) is 25.2 Å². The molecule has 2 heterocycles. The third-order valence-electron chi connectivity index (χ3n) is 2.86. The highest BCUT2D eigenvalue weighted by Crippen LogP contribution is 2.31. The molecule has 0 radical (unpaired) electrons. The molecule has 0 amide bonds. The van der Waals surface area contributed by atoms with E-state index in [4.69, 9.17) is 23.2 Å². The first-order valence-corrected chi connectivity index (χ1v) is 6.72. The van der Waals surface area contributed by atoms with Crippen molar-refractivity contribution in [2.75, 3.05) is 0 Å². The predicted octanol–water partition coefficient (Wildman–Crippen LogP) is 3.52. The summed E-state index contributed by atoms with van der Waals surface area (Å²) in [4.78, 5) is 4.04. The van der Waals surface area contributed by atoms with Gasteiger partial charge in [-0.25, -0.2) is 4.39 Å². The Morgan fingerprint density at radius 2 is 1.95 bits per heavy atom. The topological polar surface area (TPSA) is 56.5 Å². The molecule has 3 rings (SSSR count). The highest BCUT2D eigenvalue weighted by atomic mass is 35.5. The van der Waals surface area contributed by atoms with Gasteiger partial charge >= 0.3 is 0 Å². The SMILES string of the molecule is Cl.Fc1ccc(-n2nnnc2Cc2cccnc2)c(Cl)c1Cl. The van der Waals surface area contributed by atoms with Gasteiger partial charge in [-0.3, -0.25) is 4.98 Å². The molecule has 0 unspecified atom stereocenters. The summed E-state index contributed by atoms with van der Waals surface area (Å²) in [5.74, 6) is -0.0418. The van der Waals surface area contributed by atoms with Crippen molar-refractivity contribution in [1.82, 2.24) is 25.2 Å². The zero-order valence-electron chi connectivity index (χ0n) is 10.9. The lowest BCUT2D eigenvalue weighted by molar-refractivity contribution is 0.627. The molecule has 3 aromatic rings. The van der Waals surface area contributed by atoms with E-state index in [0.29, 0.717) is 17.9 Å². The summed E-state index contributed by atoms with van der Waals surface area (Å²) in [6.45, 7) is 0. The summed E-state index contributed by atoms with van der Waals surface area (Å²) >= 11 is 11.9. The number of pyridine rings is 1. The maximum Gasteiger partial charge on any atom is 0.161 e. The first kappa shape index (κ1) is 16.6. The van der Waals surface area contributed by atoms with Crippen LogP contribution in [0, 0.1) is 5.82 Å². The molecule has 0 atom stereocenters. The number of tetrazole rings is 1. The number of halogens is 4. The highest BCUT2D eigenvalue weighted by molar-refractivity contribution is 6.43. The fourth-order valence-corrected chi connectivity index (χ4v) is 2.26. The van der Waals surface area contributed by atoms with Gasteiger partial charge in [0.15, 0.2) is 5.82 Å². The monoisotopic (exact) mass is 359 g/mol. The third kappa shape index (κ3) is 3.19. The summed E-state index contributed by atoms with van der Waals surface area (Å²) < 4.78 is 14.8. The molecule has 2 aromatic heterocycles. The van der Waals surface area contributed by atoms with Crippen LogP contribution in [-0.2, 0) is 6.42 Å². The molecule has 0 aliphatic carbocycles. The second-order valence-electron chi connectivity index (χ2n) is 4.24.